The monoisotopic (exact) mass is 657 g/mol. The molecule has 1 aliphatic rings. The van der Waals surface area contributed by atoms with Crippen LogP contribution in [0.4, 0.5) is 11.4 Å². The van der Waals surface area contributed by atoms with Crippen LogP contribution in [0.5, 0.6) is 0 Å². The van der Waals surface area contributed by atoms with E-state index in [4.69, 9.17) is 14.9 Å². The standard InChI is InChI=1S/C42H51N5O2/c1-6-11-12-13-14-15-29-47-43-39-18-16-17-36(40(39)44-47)31-19-28-38-37(30-31)41(48)49-42(38,32-20-24-34(25-21-32)45(7-2)8-3)33-22-26-35(27-23-33)46(9-4)10-5/h16-28,30H,6-15,29H2,1-5H3. The van der Waals surface area contributed by atoms with E-state index in [0.717, 1.165) is 89.4 Å². The number of hydrogen-bond acceptors (Lipinski definition) is 6. The summed E-state index contributed by atoms with van der Waals surface area (Å²) >= 11 is 0. The van der Waals surface area contributed by atoms with Gasteiger partial charge in [-0.1, -0.05) is 87.6 Å². The second-order valence-corrected chi connectivity index (χ2v) is 13.0. The van der Waals surface area contributed by atoms with Gasteiger partial charge in [-0.05, 0) is 76.1 Å². The van der Waals surface area contributed by atoms with Crippen LogP contribution < -0.4 is 9.80 Å². The quantitative estimate of drug-likeness (QED) is 0.0778. The Morgan fingerprint density at radius 3 is 1.84 bits per heavy atom. The van der Waals surface area contributed by atoms with E-state index in [-0.39, 0.29) is 5.97 Å². The summed E-state index contributed by atoms with van der Waals surface area (Å²) in [7, 11) is 0. The first kappa shape index (κ1) is 34.2. The van der Waals surface area contributed by atoms with Crippen molar-refractivity contribution < 1.29 is 9.53 Å². The molecule has 0 fully saturated rings. The maximum atomic E-state index is 14.0. The molecular weight excluding hydrogens is 606 g/mol. The summed E-state index contributed by atoms with van der Waals surface area (Å²) in [5.41, 5.74) is 8.13. The van der Waals surface area contributed by atoms with E-state index in [0.29, 0.717) is 5.56 Å². The molecule has 0 saturated heterocycles. The number of anilines is 2. The second kappa shape index (κ2) is 15.3. The number of esters is 1. The normalized spacial score (nSPS) is 13.4. The van der Waals surface area contributed by atoms with Crippen LogP contribution in [-0.4, -0.2) is 47.1 Å². The molecule has 0 amide bonds. The average molecular weight is 658 g/mol. The van der Waals surface area contributed by atoms with Crippen molar-refractivity contribution in [1.82, 2.24) is 15.0 Å². The topological polar surface area (TPSA) is 63.5 Å². The molecule has 7 heteroatoms. The highest BCUT2D eigenvalue weighted by atomic mass is 16.6. The van der Waals surface area contributed by atoms with E-state index in [2.05, 4.69) is 111 Å². The molecule has 0 atom stereocenters. The van der Waals surface area contributed by atoms with E-state index < -0.39 is 5.60 Å². The number of rotatable bonds is 16. The van der Waals surface area contributed by atoms with Crippen LogP contribution in [0, 0.1) is 0 Å². The van der Waals surface area contributed by atoms with Gasteiger partial charge in [-0.2, -0.15) is 15.0 Å². The van der Waals surface area contributed by atoms with Gasteiger partial charge in [0.25, 0.3) is 0 Å². The third-order valence-corrected chi connectivity index (χ3v) is 10.1. The molecule has 0 spiro atoms. The molecule has 0 bridgehead atoms. The van der Waals surface area contributed by atoms with Crippen LogP contribution in [0.3, 0.4) is 0 Å². The lowest BCUT2D eigenvalue weighted by Gasteiger charge is -2.32. The van der Waals surface area contributed by atoms with Crippen molar-refractivity contribution in [3.8, 4) is 11.1 Å². The summed E-state index contributed by atoms with van der Waals surface area (Å²) in [5.74, 6) is -0.323. The summed E-state index contributed by atoms with van der Waals surface area (Å²) in [6.07, 6.45) is 7.36. The molecule has 4 aromatic carbocycles. The highest BCUT2D eigenvalue weighted by Gasteiger charge is 2.48. The summed E-state index contributed by atoms with van der Waals surface area (Å²) in [5, 5.41) is 9.71. The van der Waals surface area contributed by atoms with Crippen LogP contribution >= 0.6 is 0 Å². The Kier molecular flexibility index (Phi) is 10.7. The van der Waals surface area contributed by atoms with Crippen LogP contribution in [0.1, 0.15) is 100 Å². The van der Waals surface area contributed by atoms with Gasteiger partial charge in [0.1, 0.15) is 11.0 Å². The van der Waals surface area contributed by atoms with E-state index >= 15 is 0 Å². The lowest BCUT2D eigenvalue weighted by molar-refractivity contribution is 0.0251. The minimum Gasteiger partial charge on any atom is -0.441 e. The van der Waals surface area contributed by atoms with Crippen molar-refractivity contribution in [3.05, 3.63) is 107 Å². The number of benzene rings is 4. The molecular formula is C42H51N5O2. The Labute approximate surface area is 291 Å². The van der Waals surface area contributed by atoms with E-state index in [1.165, 1.54) is 32.1 Å². The summed E-state index contributed by atoms with van der Waals surface area (Å²) < 4.78 is 6.56. The van der Waals surface area contributed by atoms with Gasteiger partial charge < -0.3 is 14.5 Å². The summed E-state index contributed by atoms with van der Waals surface area (Å²) in [4.78, 5) is 20.4. The highest BCUT2D eigenvalue weighted by Crippen LogP contribution is 2.48. The molecule has 1 aromatic heterocycles. The Morgan fingerprint density at radius 2 is 1.24 bits per heavy atom. The number of aryl methyl sites for hydroxylation is 1. The first-order valence-corrected chi connectivity index (χ1v) is 18.4. The molecule has 6 rings (SSSR count). The van der Waals surface area contributed by atoms with Gasteiger partial charge in [0.05, 0.1) is 12.1 Å². The van der Waals surface area contributed by atoms with Crippen LogP contribution in [0.2, 0.25) is 0 Å². The van der Waals surface area contributed by atoms with Crippen molar-refractivity contribution >= 4 is 28.4 Å². The molecule has 2 heterocycles. The molecule has 0 aliphatic carbocycles. The minimum atomic E-state index is -1.07. The molecule has 0 N–H and O–H groups in total. The van der Waals surface area contributed by atoms with E-state index in [9.17, 15) is 4.79 Å². The maximum Gasteiger partial charge on any atom is 0.340 e. The smallest absolute Gasteiger partial charge is 0.340 e. The lowest BCUT2D eigenvalue weighted by Crippen LogP contribution is -2.30. The molecule has 5 aromatic rings. The number of ether oxygens (including phenoxy) is 1. The van der Waals surface area contributed by atoms with Crippen LogP contribution in [0.15, 0.2) is 84.9 Å². The molecule has 256 valence electrons. The number of carbonyl (C=O) groups excluding carboxylic acids is 1. The molecule has 0 radical (unpaired) electrons. The van der Waals surface area contributed by atoms with Gasteiger partial charge >= 0.3 is 5.97 Å². The number of aromatic nitrogens is 3. The van der Waals surface area contributed by atoms with E-state index in [1.807, 2.05) is 23.0 Å². The third-order valence-electron chi connectivity index (χ3n) is 10.1. The summed E-state index contributed by atoms with van der Waals surface area (Å²) in [6, 6.07) is 29.3. The van der Waals surface area contributed by atoms with Gasteiger partial charge in [0.2, 0.25) is 0 Å². The highest BCUT2D eigenvalue weighted by molar-refractivity contribution is 5.99. The van der Waals surface area contributed by atoms with Gasteiger partial charge in [-0.3, -0.25) is 0 Å². The fraction of sp³-hybridized carbons (Fsp3) is 0.405. The zero-order valence-electron chi connectivity index (χ0n) is 29.9. The van der Waals surface area contributed by atoms with Gasteiger partial charge in [-0.25, -0.2) is 4.79 Å². The predicted octanol–water partition coefficient (Wildman–Crippen LogP) is 9.61. The average Bonchev–Trinajstić information content (AvgIpc) is 3.70. The molecule has 49 heavy (non-hydrogen) atoms. The SMILES string of the molecule is CCCCCCCCn1nc2cccc(-c3ccc4c(c3)C(=O)OC4(c3ccc(N(CC)CC)cc3)c3ccc(N(CC)CC)cc3)c2n1. The zero-order chi connectivity index (χ0) is 34.4. The van der Waals surface area contributed by atoms with Gasteiger partial charge in [0.15, 0.2) is 5.60 Å². The Bertz CT molecular complexity index is 1800. The van der Waals surface area contributed by atoms with E-state index in [1.54, 1.807) is 0 Å². The number of unbranched alkanes of at least 4 members (excludes halogenated alkanes) is 5. The van der Waals surface area contributed by atoms with Crippen LogP contribution in [0.25, 0.3) is 22.2 Å². The van der Waals surface area contributed by atoms with Crippen molar-refractivity contribution in [2.45, 2.75) is 85.3 Å². The fourth-order valence-corrected chi connectivity index (χ4v) is 7.37. The lowest BCUT2D eigenvalue weighted by atomic mass is 9.79. The zero-order valence-corrected chi connectivity index (χ0v) is 29.9. The number of hydrogen-bond donors (Lipinski definition) is 0. The number of nitrogens with zero attached hydrogens (tertiary/aromatic N) is 5. The van der Waals surface area contributed by atoms with Crippen molar-refractivity contribution in [3.63, 3.8) is 0 Å². The molecule has 0 saturated carbocycles. The third kappa shape index (κ3) is 6.68. The maximum absolute atomic E-state index is 14.0. The molecule has 7 nitrogen and oxygen atoms in total. The number of cyclic esters (lactones) is 1. The first-order valence-electron chi connectivity index (χ1n) is 18.4. The van der Waals surface area contributed by atoms with Gasteiger partial charge in [-0.15, -0.1) is 0 Å². The van der Waals surface area contributed by atoms with Crippen molar-refractivity contribution in [2.75, 3.05) is 36.0 Å². The Balaban J connectivity index is 1.39. The second-order valence-electron chi connectivity index (χ2n) is 13.0. The molecule has 0 unspecified atom stereocenters. The van der Waals surface area contributed by atoms with Crippen LogP contribution in [-0.2, 0) is 16.9 Å². The number of fused-ring (bicyclic) bond motifs is 2. The summed E-state index contributed by atoms with van der Waals surface area (Å²) in [6.45, 7) is 15.4. The fourth-order valence-electron chi connectivity index (χ4n) is 7.37. The molecule has 1 aliphatic heterocycles. The number of carbonyl (C=O) groups is 1. The van der Waals surface area contributed by atoms with Crippen molar-refractivity contribution in [1.29, 1.82) is 0 Å². The Hall–Kier alpha value is -4.65. The minimum absolute atomic E-state index is 0.323. The van der Waals surface area contributed by atoms with Gasteiger partial charge in [0, 0.05) is 59.8 Å². The largest absolute Gasteiger partial charge is 0.441 e. The Morgan fingerprint density at radius 1 is 0.653 bits per heavy atom. The first-order chi connectivity index (χ1) is 24.0. The predicted molar refractivity (Wildman–Crippen MR) is 202 cm³/mol. The van der Waals surface area contributed by atoms with Crippen molar-refractivity contribution in [2.24, 2.45) is 0 Å².